The second kappa shape index (κ2) is 6.16. The van der Waals surface area contributed by atoms with Crippen LogP contribution in [0, 0.1) is 22.8 Å². The minimum Gasteiger partial charge on any atom is -0.437 e. The highest BCUT2D eigenvalue weighted by Crippen LogP contribution is 2.37. The van der Waals surface area contributed by atoms with Gasteiger partial charge in [-0.05, 0) is 48.2 Å². The van der Waals surface area contributed by atoms with Gasteiger partial charge in [0.1, 0.15) is 5.52 Å². The van der Waals surface area contributed by atoms with Gasteiger partial charge < -0.3 is 9.32 Å². The van der Waals surface area contributed by atoms with Gasteiger partial charge in [0.05, 0.1) is 18.2 Å². The van der Waals surface area contributed by atoms with Gasteiger partial charge in [0, 0.05) is 6.54 Å². The number of likely N-dealkylation sites (tertiary alicyclic amines) is 1. The lowest BCUT2D eigenvalue weighted by molar-refractivity contribution is 0.0451. The zero-order chi connectivity index (χ0) is 18.1. The maximum absolute atomic E-state index is 15.3. The summed E-state index contributed by atoms with van der Waals surface area (Å²) in [6.45, 7) is 0.523. The van der Waals surface area contributed by atoms with Crippen molar-refractivity contribution in [3.05, 3.63) is 53.9 Å². The molecular weight excluding hydrogens is 331 g/mol. The Labute approximate surface area is 149 Å². The number of halogens is 1. The molecule has 1 saturated heterocycles. The van der Waals surface area contributed by atoms with E-state index in [9.17, 15) is 0 Å². The van der Waals surface area contributed by atoms with Gasteiger partial charge in [0.15, 0.2) is 11.8 Å². The van der Waals surface area contributed by atoms with Gasteiger partial charge in [-0.25, -0.2) is 9.37 Å². The Balaban J connectivity index is 1.72. The molecule has 0 radical (unpaired) electrons. The molecule has 0 saturated carbocycles. The first-order valence-corrected chi connectivity index (χ1v) is 8.36. The molecule has 6 heteroatoms. The molecule has 0 amide bonds. The maximum Gasteiger partial charge on any atom is 0.235 e. The number of benzene rings is 2. The summed E-state index contributed by atoms with van der Waals surface area (Å²) in [4.78, 5) is 5.76. The molecule has 1 aromatic heterocycles. The number of nitrogens with zero attached hydrogens (tertiary/aromatic N) is 4. The number of hydrogen-bond acceptors (Lipinski definition) is 5. The van der Waals surface area contributed by atoms with E-state index in [-0.39, 0.29) is 18.9 Å². The van der Waals surface area contributed by atoms with Crippen molar-refractivity contribution < 1.29 is 8.81 Å². The highest BCUT2D eigenvalue weighted by atomic mass is 19.1. The van der Waals surface area contributed by atoms with Gasteiger partial charge in [-0.15, -0.1) is 0 Å². The predicted molar refractivity (Wildman–Crippen MR) is 93.4 cm³/mol. The molecule has 3 aromatic rings. The molecule has 0 spiro atoms. The largest absolute Gasteiger partial charge is 0.437 e. The van der Waals surface area contributed by atoms with E-state index in [4.69, 9.17) is 14.9 Å². The van der Waals surface area contributed by atoms with Gasteiger partial charge in [-0.3, -0.25) is 0 Å². The molecule has 1 aliphatic heterocycles. The summed E-state index contributed by atoms with van der Waals surface area (Å²) in [5, 5.41) is 18.1. The molecule has 2 heterocycles. The van der Waals surface area contributed by atoms with Crippen LogP contribution in [0.25, 0.3) is 22.2 Å². The average molecular weight is 346 g/mol. The molecule has 26 heavy (non-hydrogen) atoms. The van der Waals surface area contributed by atoms with E-state index < -0.39 is 5.67 Å². The normalized spacial score (nSPS) is 19.9. The Kier molecular flexibility index (Phi) is 3.82. The minimum atomic E-state index is -1.76. The van der Waals surface area contributed by atoms with Crippen LogP contribution in [0.2, 0.25) is 0 Å². The monoisotopic (exact) mass is 346 g/mol. The van der Waals surface area contributed by atoms with Crippen LogP contribution in [0.5, 0.6) is 0 Å². The lowest BCUT2D eigenvalue weighted by atomic mass is 9.95. The smallest absolute Gasteiger partial charge is 0.235 e. The van der Waals surface area contributed by atoms with Gasteiger partial charge in [-0.1, -0.05) is 18.2 Å². The van der Waals surface area contributed by atoms with Crippen molar-refractivity contribution in [2.45, 2.75) is 18.5 Å². The van der Waals surface area contributed by atoms with E-state index in [0.29, 0.717) is 29.6 Å². The third-order valence-corrected chi connectivity index (χ3v) is 4.68. The quantitative estimate of drug-likeness (QED) is 0.653. The molecular formula is C20H15FN4O. The van der Waals surface area contributed by atoms with Gasteiger partial charge in [0.25, 0.3) is 0 Å². The Hall–Kier alpha value is -3.38. The van der Waals surface area contributed by atoms with Crippen LogP contribution in [0.3, 0.4) is 0 Å². The van der Waals surface area contributed by atoms with Crippen LogP contribution in [0.1, 0.15) is 24.3 Å². The van der Waals surface area contributed by atoms with Crippen molar-refractivity contribution >= 4 is 11.1 Å². The third kappa shape index (κ3) is 2.76. The van der Waals surface area contributed by atoms with Crippen molar-refractivity contribution in [1.29, 1.82) is 10.5 Å². The number of oxazole rings is 1. The molecule has 0 aliphatic carbocycles. The third-order valence-electron chi connectivity index (χ3n) is 4.68. The highest BCUT2D eigenvalue weighted by molar-refractivity contribution is 5.80. The van der Waals surface area contributed by atoms with E-state index in [2.05, 4.69) is 11.1 Å². The van der Waals surface area contributed by atoms with Crippen molar-refractivity contribution in [2.75, 3.05) is 13.1 Å². The lowest BCUT2D eigenvalue weighted by Gasteiger charge is -2.31. The second-order valence-electron chi connectivity index (χ2n) is 6.48. The predicted octanol–water partition coefficient (Wildman–Crippen LogP) is 4.11. The van der Waals surface area contributed by atoms with E-state index in [0.717, 1.165) is 11.1 Å². The average Bonchev–Trinajstić information content (AvgIpc) is 3.12. The summed E-state index contributed by atoms with van der Waals surface area (Å²) in [7, 11) is 0. The molecule has 0 bridgehead atoms. The van der Waals surface area contributed by atoms with Crippen LogP contribution in [0.15, 0.2) is 46.9 Å². The zero-order valence-electron chi connectivity index (χ0n) is 13.9. The van der Waals surface area contributed by atoms with E-state index in [1.807, 2.05) is 30.5 Å². The number of nitriles is 2. The summed E-state index contributed by atoms with van der Waals surface area (Å²) >= 11 is 0. The summed E-state index contributed by atoms with van der Waals surface area (Å²) in [5.41, 5.74) is 1.65. The summed E-state index contributed by atoms with van der Waals surface area (Å²) in [6, 6.07) is 14.8. The second-order valence-corrected chi connectivity index (χ2v) is 6.48. The molecule has 1 fully saturated rings. The maximum atomic E-state index is 15.3. The number of hydrogen-bond donors (Lipinski definition) is 0. The Morgan fingerprint density at radius 3 is 2.81 bits per heavy atom. The topological polar surface area (TPSA) is 76.8 Å². The zero-order valence-corrected chi connectivity index (χ0v) is 13.9. The molecule has 1 aliphatic rings. The Morgan fingerprint density at radius 1 is 1.15 bits per heavy atom. The van der Waals surface area contributed by atoms with Gasteiger partial charge in [-0.2, -0.15) is 10.5 Å². The van der Waals surface area contributed by atoms with Crippen molar-refractivity contribution in [3.63, 3.8) is 0 Å². The van der Waals surface area contributed by atoms with Gasteiger partial charge in [0.2, 0.25) is 11.6 Å². The first kappa shape index (κ1) is 16.1. The fraction of sp³-hybridized carbons (Fsp3) is 0.250. The van der Waals surface area contributed by atoms with E-state index >= 15 is 4.39 Å². The standard InChI is InChI=1S/C20H15FN4O/c21-20(7-2-8-25(12-20)13-23)19-24-17-10-16(5-6-18(17)26-19)15-4-1-3-14(9-15)11-22/h1,3-6,9-10H,2,7-8,12H2/t20-/m1/s1. The molecule has 0 N–H and O–H groups in total. The number of aromatic nitrogens is 1. The number of fused-ring (bicyclic) bond motifs is 1. The van der Waals surface area contributed by atoms with Crippen LogP contribution in [0.4, 0.5) is 4.39 Å². The van der Waals surface area contributed by atoms with Crippen molar-refractivity contribution in [1.82, 2.24) is 9.88 Å². The fourth-order valence-electron chi connectivity index (χ4n) is 3.34. The number of alkyl halides is 1. The molecule has 5 nitrogen and oxygen atoms in total. The summed E-state index contributed by atoms with van der Waals surface area (Å²) in [6.07, 6.45) is 2.87. The number of rotatable bonds is 2. The molecule has 1 atom stereocenters. The summed E-state index contributed by atoms with van der Waals surface area (Å²) in [5.74, 6) is 0.0235. The SMILES string of the molecule is N#Cc1cccc(-c2ccc3oc([C@@]4(F)CCCN(C#N)C4)nc3c2)c1. The lowest BCUT2D eigenvalue weighted by Crippen LogP contribution is -2.41. The van der Waals surface area contributed by atoms with E-state index in [1.165, 1.54) is 4.90 Å². The minimum absolute atomic E-state index is 0.0235. The van der Waals surface area contributed by atoms with Crippen molar-refractivity contribution in [2.24, 2.45) is 0 Å². The van der Waals surface area contributed by atoms with Crippen LogP contribution in [-0.4, -0.2) is 23.0 Å². The van der Waals surface area contributed by atoms with E-state index in [1.54, 1.807) is 18.2 Å². The highest BCUT2D eigenvalue weighted by Gasteiger charge is 2.41. The molecule has 0 unspecified atom stereocenters. The first-order chi connectivity index (χ1) is 12.6. The fourth-order valence-corrected chi connectivity index (χ4v) is 3.34. The van der Waals surface area contributed by atoms with Crippen LogP contribution < -0.4 is 0 Å². The summed E-state index contributed by atoms with van der Waals surface area (Å²) < 4.78 is 21.0. The Morgan fingerprint density at radius 2 is 2.00 bits per heavy atom. The Bertz CT molecular complexity index is 1060. The van der Waals surface area contributed by atoms with Gasteiger partial charge >= 0.3 is 0 Å². The molecule has 128 valence electrons. The first-order valence-electron chi connectivity index (χ1n) is 8.36. The van der Waals surface area contributed by atoms with Crippen molar-refractivity contribution in [3.8, 4) is 23.4 Å². The molecule has 2 aromatic carbocycles. The van der Waals surface area contributed by atoms with Crippen LogP contribution in [-0.2, 0) is 5.67 Å². The van der Waals surface area contributed by atoms with Crippen LogP contribution >= 0.6 is 0 Å². The number of piperidine rings is 1. The molecule has 4 rings (SSSR count).